The number of thioether (sulfide) groups is 2. The van der Waals surface area contributed by atoms with E-state index in [9.17, 15) is 4.79 Å². The number of carbonyl (C=O) groups is 1. The summed E-state index contributed by atoms with van der Waals surface area (Å²) in [4.78, 5) is 18.1. The van der Waals surface area contributed by atoms with Gasteiger partial charge < -0.3 is 9.47 Å². The van der Waals surface area contributed by atoms with Crippen LogP contribution in [-0.2, 0) is 4.79 Å². The van der Waals surface area contributed by atoms with Crippen molar-refractivity contribution in [2.75, 3.05) is 19.5 Å². The third-order valence-electron chi connectivity index (χ3n) is 5.67. The summed E-state index contributed by atoms with van der Waals surface area (Å²) in [5.41, 5.74) is 2.89. The highest BCUT2D eigenvalue weighted by atomic mass is 35.5. The zero-order valence-corrected chi connectivity index (χ0v) is 23.0. The number of fused-ring (bicyclic) bond motifs is 1. The Balaban J connectivity index is 1.28. The Kier molecular flexibility index (Phi) is 7.87. The Labute approximate surface area is 234 Å². The molecule has 3 aromatic rings. The Bertz CT molecular complexity index is 1480. The van der Waals surface area contributed by atoms with Crippen molar-refractivity contribution >= 4 is 63.2 Å². The molecule has 38 heavy (non-hydrogen) atoms. The molecule has 0 atom stereocenters. The van der Waals surface area contributed by atoms with Gasteiger partial charge in [-0.15, -0.1) is 11.8 Å². The largest absolute Gasteiger partial charge is 0.493 e. The number of aryl methyl sites for hydroxylation is 1. The lowest BCUT2D eigenvalue weighted by Crippen LogP contribution is -2.35. The molecule has 1 N–H and O–H groups in total. The van der Waals surface area contributed by atoms with E-state index < -0.39 is 5.91 Å². The molecule has 0 aliphatic carbocycles. The second-order valence-electron chi connectivity index (χ2n) is 8.35. The number of carbonyl (C=O) groups excluding carboxylic acids is 1. The number of methoxy groups -OCH3 is 1. The van der Waals surface area contributed by atoms with E-state index in [-0.39, 0.29) is 11.4 Å². The number of hydrogen-bond donors (Lipinski definition) is 1. The van der Waals surface area contributed by atoms with Gasteiger partial charge in [0.05, 0.1) is 19.3 Å². The monoisotopic (exact) mass is 562 g/mol. The Morgan fingerprint density at radius 3 is 2.58 bits per heavy atom. The number of benzene rings is 3. The van der Waals surface area contributed by atoms with E-state index in [0.29, 0.717) is 38.9 Å². The van der Waals surface area contributed by atoms with Gasteiger partial charge in [0.1, 0.15) is 5.04 Å². The van der Waals surface area contributed by atoms with E-state index in [0.717, 1.165) is 21.8 Å². The molecule has 0 radical (unpaired) electrons. The van der Waals surface area contributed by atoms with Crippen LogP contribution in [0.5, 0.6) is 11.5 Å². The van der Waals surface area contributed by atoms with Gasteiger partial charge in [-0.1, -0.05) is 47.5 Å². The molecule has 3 aromatic carbocycles. The van der Waals surface area contributed by atoms with Gasteiger partial charge in [-0.05, 0) is 66.7 Å². The molecule has 0 aromatic heterocycles. The summed E-state index contributed by atoms with van der Waals surface area (Å²) >= 11 is 8.89. The minimum atomic E-state index is -0.479. The molecule has 5 rings (SSSR count). The first-order chi connectivity index (χ1) is 18.4. The SMILES string of the molecule is COc1cc(/C=C2/C(=N)N3N=C(c4ccc(C)cc4)SC3=NC2=O)ccc1OCCSc1ccc(Cl)cc1. The summed E-state index contributed by atoms with van der Waals surface area (Å²) in [6.07, 6.45) is 1.62. The standard InChI is InChI=1S/C28H23ClN4O3S2/c1-17-3-6-19(7-4-17)27-32-33-25(30)22(26(34)31-28(33)38-27)15-18-5-12-23(24(16-18)35-2)36-13-14-37-21-10-8-20(29)9-11-21/h3-12,15-16,30H,13-14H2,1-2H3/b22-15-,30-25?. The predicted molar refractivity (Wildman–Crippen MR) is 156 cm³/mol. The lowest BCUT2D eigenvalue weighted by Gasteiger charge is -2.20. The van der Waals surface area contributed by atoms with Crippen LogP contribution < -0.4 is 9.47 Å². The predicted octanol–water partition coefficient (Wildman–Crippen LogP) is 6.50. The van der Waals surface area contributed by atoms with E-state index in [1.165, 1.54) is 16.8 Å². The fourth-order valence-corrected chi connectivity index (χ4v) is 5.46. The van der Waals surface area contributed by atoms with Crippen LogP contribution in [0.2, 0.25) is 5.02 Å². The van der Waals surface area contributed by atoms with Crippen molar-refractivity contribution in [3.63, 3.8) is 0 Å². The molecular weight excluding hydrogens is 540 g/mol. The van der Waals surface area contributed by atoms with Gasteiger partial charge in [-0.3, -0.25) is 10.2 Å². The minimum Gasteiger partial charge on any atom is -0.493 e. The summed E-state index contributed by atoms with van der Waals surface area (Å²) < 4.78 is 11.4. The molecular formula is C28H23ClN4O3S2. The Morgan fingerprint density at radius 1 is 1.08 bits per heavy atom. The summed E-state index contributed by atoms with van der Waals surface area (Å²) in [7, 11) is 1.56. The molecule has 2 aliphatic heterocycles. The zero-order chi connectivity index (χ0) is 26.6. The fraction of sp³-hybridized carbons (Fsp3) is 0.143. The molecule has 2 heterocycles. The smallest absolute Gasteiger partial charge is 0.283 e. The van der Waals surface area contributed by atoms with E-state index in [1.807, 2.05) is 61.5 Å². The van der Waals surface area contributed by atoms with Crippen molar-refractivity contribution in [2.24, 2.45) is 10.1 Å². The number of halogens is 1. The van der Waals surface area contributed by atoms with Gasteiger partial charge in [0.25, 0.3) is 5.91 Å². The van der Waals surface area contributed by atoms with Crippen LogP contribution in [0.25, 0.3) is 6.08 Å². The van der Waals surface area contributed by atoms with Gasteiger partial charge in [-0.2, -0.15) is 15.1 Å². The van der Waals surface area contributed by atoms with Crippen molar-refractivity contribution in [1.29, 1.82) is 5.41 Å². The van der Waals surface area contributed by atoms with Crippen LogP contribution in [0.1, 0.15) is 16.7 Å². The molecule has 0 saturated carbocycles. The average Bonchev–Trinajstić information content (AvgIpc) is 3.35. The average molecular weight is 563 g/mol. The molecule has 0 unspecified atom stereocenters. The van der Waals surface area contributed by atoms with E-state index in [2.05, 4.69) is 10.1 Å². The quantitative estimate of drug-likeness (QED) is 0.192. The number of amidine groups is 2. The molecule has 192 valence electrons. The van der Waals surface area contributed by atoms with E-state index in [1.54, 1.807) is 37.1 Å². The van der Waals surface area contributed by atoms with Gasteiger partial charge in [0.2, 0.25) is 5.17 Å². The number of hydrazone groups is 1. The number of rotatable bonds is 8. The summed E-state index contributed by atoms with van der Waals surface area (Å²) in [5, 5.41) is 16.4. The van der Waals surface area contributed by atoms with Gasteiger partial charge >= 0.3 is 0 Å². The molecule has 1 amide bonds. The minimum absolute atomic E-state index is 0.0203. The first-order valence-electron chi connectivity index (χ1n) is 11.7. The number of nitrogens with zero attached hydrogens (tertiary/aromatic N) is 3. The maximum atomic E-state index is 12.8. The molecule has 2 aliphatic rings. The molecule has 10 heteroatoms. The third-order valence-corrected chi connectivity index (χ3v) is 7.86. The zero-order valence-electron chi connectivity index (χ0n) is 20.6. The second-order valence-corrected chi connectivity index (χ2v) is 10.9. The van der Waals surface area contributed by atoms with Crippen LogP contribution in [0.15, 0.2) is 87.3 Å². The fourth-order valence-electron chi connectivity index (χ4n) is 3.71. The number of hydrogen-bond acceptors (Lipinski definition) is 7. The van der Waals surface area contributed by atoms with Crippen molar-refractivity contribution < 1.29 is 14.3 Å². The number of nitrogens with one attached hydrogen (secondary N) is 1. The highest BCUT2D eigenvalue weighted by molar-refractivity contribution is 8.27. The molecule has 0 fully saturated rings. The van der Waals surface area contributed by atoms with Crippen LogP contribution in [-0.4, -0.2) is 46.4 Å². The highest BCUT2D eigenvalue weighted by Gasteiger charge is 2.36. The summed E-state index contributed by atoms with van der Waals surface area (Å²) in [5.74, 6) is 1.38. The first-order valence-corrected chi connectivity index (χ1v) is 13.9. The lowest BCUT2D eigenvalue weighted by molar-refractivity contribution is -0.114. The topological polar surface area (TPSA) is 87.3 Å². The van der Waals surface area contributed by atoms with Gasteiger partial charge in [0, 0.05) is 21.2 Å². The van der Waals surface area contributed by atoms with Crippen LogP contribution in [0.3, 0.4) is 0 Å². The normalized spacial score (nSPS) is 15.9. The number of ether oxygens (including phenoxy) is 2. The van der Waals surface area contributed by atoms with Gasteiger partial charge in [-0.25, -0.2) is 0 Å². The second kappa shape index (κ2) is 11.5. The Hall–Kier alpha value is -3.53. The highest BCUT2D eigenvalue weighted by Crippen LogP contribution is 2.33. The van der Waals surface area contributed by atoms with Crippen molar-refractivity contribution in [3.8, 4) is 11.5 Å². The van der Waals surface area contributed by atoms with Crippen molar-refractivity contribution in [1.82, 2.24) is 5.01 Å². The molecule has 0 saturated heterocycles. The van der Waals surface area contributed by atoms with Crippen molar-refractivity contribution in [2.45, 2.75) is 11.8 Å². The number of amides is 1. The van der Waals surface area contributed by atoms with Crippen molar-refractivity contribution in [3.05, 3.63) is 94.0 Å². The maximum Gasteiger partial charge on any atom is 0.283 e. The molecule has 7 nitrogen and oxygen atoms in total. The van der Waals surface area contributed by atoms with Crippen LogP contribution in [0, 0.1) is 12.3 Å². The number of aliphatic imine (C=N–C) groups is 1. The van der Waals surface area contributed by atoms with E-state index >= 15 is 0 Å². The summed E-state index contributed by atoms with van der Waals surface area (Å²) in [6, 6.07) is 21.0. The maximum absolute atomic E-state index is 12.8. The Morgan fingerprint density at radius 2 is 1.84 bits per heavy atom. The molecule has 0 bridgehead atoms. The van der Waals surface area contributed by atoms with Crippen LogP contribution in [0.4, 0.5) is 0 Å². The van der Waals surface area contributed by atoms with Gasteiger partial charge in [0.15, 0.2) is 17.3 Å². The molecule has 0 spiro atoms. The van der Waals surface area contributed by atoms with E-state index in [4.69, 9.17) is 26.5 Å². The first kappa shape index (κ1) is 26.1. The van der Waals surface area contributed by atoms with Crippen LogP contribution >= 0.6 is 35.1 Å². The third kappa shape index (κ3) is 5.80. The lowest BCUT2D eigenvalue weighted by atomic mass is 10.1. The summed E-state index contributed by atoms with van der Waals surface area (Å²) in [6.45, 7) is 2.50.